The summed E-state index contributed by atoms with van der Waals surface area (Å²) >= 11 is 0. The number of ether oxygens (including phenoxy) is 2. The molecule has 6 nitrogen and oxygen atoms in total. The van der Waals surface area contributed by atoms with Gasteiger partial charge in [-0.05, 0) is 87.6 Å². The lowest BCUT2D eigenvalue weighted by molar-refractivity contribution is 0.0258. The molecule has 2 aromatic carbocycles. The van der Waals surface area contributed by atoms with Gasteiger partial charge < -0.3 is 14.4 Å². The summed E-state index contributed by atoms with van der Waals surface area (Å²) in [6.45, 7) is 8.77. The van der Waals surface area contributed by atoms with Crippen LogP contribution in [0.25, 0.3) is 11.1 Å². The third-order valence-corrected chi connectivity index (χ3v) is 5.96. The molecule has 182 valence electrons. The smallest absolute Gasteiger partial charge is 0.410 e. The van der Waals surface area contributed by atoms with Crippen LogP contribution < -0.4 is 4.74 Å². The standard InChI is InChI=1S/C29H32N2O4/c1-20(32)22-10-11-27(34-19-25-7-5-6-14-30-25)26(18-22)24-9-8-21-12-15-31(16-13-23(21)17-24)28(33)35-29(2,3)4/h5-11,14,17-18H,12-13,15-16,19H2,1-4H3. The van der Waals surface area contributed by atoms with E-state index in [0.29, 0.717) is 31.0 Å². The zero-order chi connectivity index (χ0) is 25.0. The summed E-state index contributed by atoms with van der Waals surface area (Å²) in [5, 5.41) is 0. The van der Waals surface area contributed by atoms with E-state index in [4.69, 9.17) is 9.47 Å². The fourth-order valence-corrected chi connectivity index (χ4v) is 4.14. The van der Waals surface area contributed by atoms with Crippen LogP contribution in [0.15, 0.2) is 60.8 Å². The van der Waals surface area contributed by atoms with Gasteiger partial charge in [-0.3, -0.25) is 9.78 Å². The number of aromatic nitrogens is 1. The second-order valence-corrected chi connectivity index (χ2v) is 9.83. The Balaban J connectivity index is 1.59. The van der Waals surface area contributed by atoms with Gasteiger partial charge in [0.15, 0.2) is 5.78 Å². The van der Waals surface area contributed by atoms with Crippen LogP contribution in [0.1, 0.15) is 54.9 Å². The first kappa shape index (κ1) is 24.5. The lowest BCUT2D eigenvalue weighted by Gasteiger charge is -2.26. The largest absolute Gasteiger partial charge is 0.487 e. The maximum Gasteiger partial charge on any atom is 0.410 e. The molecule has 1 amide bonds. The minimum Gasteiger partial charge on any atom is -0.487 e. The van der Waals surface area contributed by atoms with Gasteiger partial charge in [0.1, 0.15) is 18.0 Å². The number of Topliss-reactive ketones (excluding diaryl/α,β-unsaturated/α-hetero) is 1. The van der Waals surface area contributed by atoms with Crippen LogP contribution in [-0.4, -0.2) is 40.5 Å². The minimum atomic E-state index is -0.517. The molecule has 0 aliphatic carbocycles. The Hall–Kier alpha value is -3.67. The Morgan fingerprint density at radius 3 is 2.43 bits per heavy atom. The maximum absolute atomic E-state index is 12.6. The number of pyridine rings is 1. The molecule has 0 bridgehead atoms. The molecule has 0 unspecified atom stereocenters. The highest BCUT2D eigenvalue weighted by molar-refractivity contribution is 5.96. The highest BCUT2D eigenvalue weighted by Crippen LogP contribution is 2.34. The number of hydrogen-bond acceptors (Lipinski definition) is 5. The molecule has 0 saturated heterocycles. The number of benzene rings is 2. The van der Waals surface area contributed by atoms with Gasteiger partial charge in [0, 0.05) is 30.4 Å². The van der Waals surface area contributed by atoms with Crippen molar-refractivity contribution >= 4 is 11.9 Å². The number of hydrogen-bond donors (Lipinski definition) is 0. The summed E-state index contributed by atoms with van der Waals surface area (Å²) < 4.78 is 11.7. The SMILES string of the molecule is CC(=O)c1ccc(OCc2ccccn2)c(-c2ccc3c(c2)CCN(C(=O)OC(C)(C)C)CC3)c1. The molecule has 0 N–H and O–H groups in total. The minimum absolute atomic E-state index is 0.00490. The molecule has 1 aliphatic heterocycles. The van der Waals surface area contributed by atoms with Crippen LogP contribution in [0.4, 0.5) is 4.79 Å². The first-order valence-corrected chi connectivity index (χ1v) is 12.0. The van der Waals surface area contributed by atoms with Gasteiger partial charge in [-0.1, -0.05) is 24.3 Å². The van der Waals surface area contributed by atoms with Crippen molar-refractivity contribution in [3.63, 3.8) is 0 Å². The van der Waals surface area contributed by atoms with E-state index in [9.17, 15) is 9.59 Å². The topological polar surface area (TPSA) is 68.7 Å². The van der Waals surface area contributed by atoms with Crippen molar-refractivity contribution in [2.75, 3.05) is 13.1 Å². The predicted molar refractivity (Wildman–Crippen MR) is 136 cm³/mol. The van der Waals surface area contributed by atoms with Crippen LogP contribution in [0.3, 0.4) is 0 Å². The van der Waals surface area contributed by atoms with E-state index in [1.54, 1.807) is 24.1 Å². The molecular weight excluding hydrogens is 440 g/mol. The van der Waals surface area contributed by atoms with Gasteiger partial charge in [0.25, 0.3) is 0 Å². The average Bonchev–Trinajstić information content (AvgIpc) is 3.04. The lowest BCUT2D eigenvalue weighted by atomic mass is 9.94. The van der Waals surface area contributed by atoms with Crippen LogP contribution >= 0.6 is 0 Å². The third kappa shape index (κ3) is 6.27. The molecule has 0 fully saturated rings. The second kappa shape index (κ2) is 10.3. The fourth-order valence-electron chi connectivity index (χ4n) is 4.14. The van der Waals surface area contributed by atoms with Gasteiger partial charge in [0.2, 0.25) is 0 Å². The summed E-state index contributed by atoms with van der Waals surface area (Å²) in [5.74, 6) is 0.704. The molecule has 1 aromatic heterocycles. The molecule has 1 aliphatic rings. The first-order chi connectivity index (χ1) is 16.7. The number of fused-ring (bicyclic) bond motifs is 1. The Bertz CT molecular complexity index is 1220. The lowest BCUT2D eigenvalue weighted by Crippen LogP contribution is -2.38. The van der Waals surface area contributed by atoms with Gasteiger partial charge >= 0.3 is 6.09 Å². The molecule has 2 heterocycles. The maximum atomic E-state index is 12.6. The monoisotopic (exact) mass is 472 g/mol. The Morgan fingerprint density at radius 2 is 1.74 bits per heavy atom. The Labute approximate surface area is 206 Å². The molecule has 6 heteroatoms. The zero-order valence-electron chi connectivity index (χ0n) is 20.8. The summed E-state index contributed by atoms with van der Waals surface area (Å²) in [5.41, 5.74) is 5.21. The van der Waals surface area contributed by atoms with Crippen molar-refractivity contribution in [1.82, 2.24) is 9.88 Å². The summed E-state index contributed by atoms with van der Waals surface area (Å²) in [6, 6.07) is 17.6. The number of carbonyl (C=O) groups is 2. The highest BCUT2D eigenvalue weighted by Gasteiger charge is 2.24. The van der Waals surface area contributed by atoms with E-state index < -0.39 is 5.60 Å². The molecule has 0 spiro atoms. The number of carbonyl (C=O) groups excluding carboxylic acids is 2. The average molecular weight is 473 g/mol. The van der Waals surface area contributed by atoms with E-state index in [2.05, 4.69) is 23.2 Å². The Morgan fingerprint density at radius 1 is 0.971 bits per heavy atom. The number of amides is 1. The van der Waals surface area contributed by atoms with Crippen molar-refractivity contribution in [1.29, 1.82) is 0 Å². The summed E-state index contributed by atoms with van der Waals surface area (Å²) in [4.78, 5) is 30.8. The molecule has 0 atom stereocenters. The molecule has 3 aromatic rings. The highest BCUT2D eigenvalue weighted by atomic mass is 16.6. The quantitative estimate of drug-likeness (QED) is 0.435. The fraction of sp³-hybridized carbons (Fsp3) is 0.345. The molecule has 0 radical (unpaired) electrons. The van der Waals surface area contributed by atoms with Crippen LogP contribution in [-0.2, 0) is 24.2 Å². The summed E-state index contributed by atoms with van der Waals surface area (Å²) in [6.07, 6.45) is 2.97. The number of nitrogens with zero attached hydrogens (tertiary/aromatic N) is 2. The molecule has 35 heavy (non-hydrogen) atoms. The van der Waals surface area contributed by atoms with Crippen molar-refractivity contribution in [2.24, 2.45) is 0 Å². The van der Waals surface area contributed by atoms with Gasteiger partial charge in [0.05, 0.1) is 5.69 Å². The molecule has 0 saturated carbocycles. The van der Waals surface area contributed by atoms with E-state index >= 15 is 0 Å². The predicted octanol–water partition coefficient (Wildman–Crippen LogP) is 5.87. The van der Waals surface area contributed by atoms with Crippen molar-refractivity contribution in [2.45, 2.75) is 52.7 Å². The Kier molecular flexibility index (Phi) is 7.20. The normalized spacial score (nSPS) is 13.5. The van der Waals surface area contributed by atoms with Crippen LogP contribution in [0.5, 0.6) is 5.75 Å². The summed E-state index contributed by atoms with van der Waals surface area (Å²) in [7, 11) is 0. The second-order valence-electron chi connectivity index (χ2n) is 9.83. The van der Waals surface area contributed by atoms with Crippen molar-refractivity contribution in [3.05, 3.63) is 83.2 Å². The van der Waals surface area contributed by atoms with Crippen molar-refractivity contribution in [3.8, 4) is 16.9 Å². The van der Waals surface area contributed by atoms with Gasteiger partial charge in [-0.25, -0.2) is 4.79 Å². The van der Waals surface area contributed by atoms with E-state index in [-0.39, 0.29) is 11.9 Å². The van der Waals surface area contributed by atoms with E-state index in [1.165, 1.54) is 11.1 Å². The first-order valence-electron chi connectivity index (χ1n) is 12.0. The molecular formula is C29H32N2O4. The van der Waals surface area contributed by atoms with E-state index in [0.717, 1.165) is 29.7 Å². The van der Waals surface area contributed by atoms with Gasteiger partial charge in [-0.2, -0.15) is 0 Å². The third-order valence-electron chi connectivity index (χ3n) is 5.96. The molecule has 4 rings (SSSR count). The van der Waals surface area contributed by atoms with Gasteiger partial charge in [-0.15, -0.1) is 0 Å². The van der Waals surface area contributed by atoms with Crippen LogP contribution in [0.2, 0.25) is 0 Å². The van der Waals surface area contributed by atoms with Crippen LogP contribution in [0, 0.1) is 0 Å². The van der Waals surface area contributed by atoms with Crippen molar-refractivity contribution < 1.29 is 19.1 Å². The zero-order valence-corrected chi connectivity index (χ0v) is 20.8. The number of rotatable bonds is 5. The van der Waals surface area contributed by atoms with E-state index in [1.807, 2.05) is 51.1 Å². The number of ketones is 1.